The first kappa shape index (κ1) is 15.0. The zero-order valence-corrected chi connectivity index (χ0v) is 12.8. The number of nitrogens with zero attached hydrogens (tertiary/aromatic N) is 1. The van der Waals surface area contributed by atoms with Crippen molar-refractivity contribution in [3.05, 3.63) is 29.4 Å². The molecule has 0 saturated carbocycles. The van der Waals surface area contributed by atoms with Gasteiger partial charge in [0.1, 0.15) is 16.4 Å². The normalized spacial score (nSPS) is 11.8. The summed E-state index contributed by atoms with van der Waals surface area (Å²) in [4.78, 5) is 4.32. The molecule has 2 aromatic rings. The lowest BCUT2D eigenvalue weighted by atomic mass is 10.2. The molecule has 0 aliphatic carbocycles. The van der Waals surface area contributed by atoms with Crippen molar-refractivity contribution in [1.29, 1.82) is 0 Å². The summed E-state index contributed by atoms with van der Waals surface area (Å²) >= 11 is 5.87. The van der Waals surface area contributed by atoms with Crippen molar-refractivity contribution >= 4 is 32.5 Å². The summed E-state index contributed by atoms with van der Waals surface area (Å²) in [5.41, 5.74) is 0.430. The molecule has 108 valence electrons. The topological polar surface area (TPSA) is 68.3 Å². The number of pyridine rings is 1. The van der Waals surface area contributed by atoms with E-state index in [4.69, 9.17) is 16.3 Å². The summed E-state index contributed by atoms with van der Waals surface area (Å²) in [5, 5.41) is 0.768. The molecule has 0 aliphatic rings. The van der Waals surface area contributed by atoms with Crippen molar-refractivity contribution in [2.24, 2.45) is 0 Å². The van der Waals surface area contributed by atoms with Crippen molar-refractivity contribution < 1.29 is 13.2 Å². The van der Waals surface area contributed by atoms with E-state index < -0.39 is 10.0 Å². The van der Waals surface area contributed by atoms with Crippen LogP contribution in [0.15, 0.2) is 29.2 Å². The number of ether oxygens (including phenoxy) is 1. The van der Waals surface area contributed by atoms with Crippen molar-refractivity contribution in [3.8, 4) is 5.75 Å². The number of aromatic nitrogens is 1. The second-order valence-corrected chi connectivity index (χ2v) is 6.32. The second-order valence-electron chi connectivity index (χ2n) is 4.19. The van der Waals surface area contributed by atoms with Gasteiger partial charge in [-0.25, -0.2) is 18.1 Å². The number of benzene rings is 1. The maximum absolute atomic E-state index is 12.3. The molecule has 5 nitrogen and oxygen atoms in total. The van der Waals surface area contributed by atoms with E-state index in [1.807, 2.05) is 6.92 Å². The molecule has 0 spiro atoms. The summed E-state index contributed by atoms with van der Waals surface area (Å²) in [7, 11) is -2.07. The molecule has 1 N–H and O–H groups in total. The Labute approximate surface area is 123 Å². The van der Waals surface area contributed by atoms with Gasteiger partial charge in [-0.3, -0.25) is 0 Å². The van der Waals surface area contributed by atoms with Crippen molar-refractivity contribution in [1.82, 2.24) is 9.71 Å². The van der Waals surface area contributed by atoms with Crippen LogP contribution in [0.25, 0.3) is 10.9 Å². The van der Waals surface area contributed by atoms with E-state index in [1.54, 1.807) is 18.2 Å². The molecule has 1 aromatic carbocycles. The smallest absolute Gasteiger partial charge is 0.241 e. The number of halogens is 1. The number of sulfonamides is 1. The summed E-state index contributed by atoms with van der Waals surface area (Å²) in [6.07, 6.45) is 0.720. The molecule has 0 fully saturated rings. The van der Waals surface area contributed by atoms with Crippen molar-refractivity contribution in [2.45, 2.75) is 18.2 Å². The average molecular weight is 315 g/mol. The number of rotatable bonds is 5. The Morgan fingerprint density at radius 1 is 1.30 bits per heavy atom. The molecule has 0 saturated heterocycles. The van der Waals surface area contributed by atoms with E-state index in [0.29, 0.717) is 23.2 Å². The van der Waals surface area contributed by atoms with Crippen LogP contribution in [0.5, 0.6) is 5.75 Å². The molecule has 2 rings (SSSR count). The largest absolute Gasteiger partial charge is 0.494 e. The van der Waals surface area contributed by atoms with Gasteiger partial charge in [0.25, 0.3) is 0 Å². The number of hydrogen-bond donors (Lipinski definition) is 1. The van der Waals surface area contributed by atoms with E-state index in [9.17, 15) is 8.42 Å². The van der Waals surface area contributed by atoms with E-state index in [0.717, 1.165) is 6.42 Å². The molecule has 0 atom stereocenters. The molecule has 7 heteroatoms. The van der Waals surface area contributed by atoms with Crippen LogP contribution in [0.1, 0.15) is 13.3 Å². The molecule has 1 heterocycles. The Hall–Kier alpha value is -1.37. The minimum Gasteiger partial charge on any atom is -0.494 e. The Bertz CT molecular complexity index is 732. The minimum absolute atomic E-state index is 0.172. The van der Waals surface area contributed by atoms with Crippen LogP contribution in [-0.4, -0.2) is 27.1 Å². The third-order valence-corrected chi connectivity index (χ3v) is 4.53. The third kappa shape index (κ3) is 2.87. The molecular weight excluding hydrogens is 300 g/mol. The monoisotopic (exact) mass is 314 g/mol. The first-order valence-electron chi connectivity index (χ1n) is 6.12. The quantitative estimate of drug-likeness (QED) is 0.861. The highest BCUT2D eigenvalue weighted by atomic mass is 35.5. The number of methoxy groups -OCH3 is 1. The fraction of sp³-hybridized carbons (Fsp3) is 0.308. The van der Waals surface area contributed by atoms with Crippen molar-refractivity contribution in [2.75, 3.05) is 13.7 Å². The van der Waals surface area contributed by atoms with E-state index in [-0.39, 0.29) is 10.0 Å². The fourth-order valence-electron chi connectivity index (χ4n) is 1.86. The average Bonchev–Trinajstić information content (AvgIpc) is 2.43. The Morgan fingerprint density at radius 3 is 2.70 bits per heavy atom. The summed E-state index contributed by atoms with van der Waals surface area (Å²) in [6, 6.07) is 6.27. The van der Waals surface area contributed by atoms with Crippen LogP contribution in [0.3, 0.4) is 0 Å². The SMILES string of the molecule is CCCNS(=O)(=O)c1ccc(OC)c2nc(Cl)ccc12. The third-order valence-electron chi connectivity index (χ3n) is 2.80. The number of nitrogens with one attached hydrogen (secondary N) is 1. The van der Waals surface area contributed by atoms with Gasteiger partial charge in [0.05, 0.1) is 12.0 Å². The van der Waals surface area contributed by atoms with Gasteiger partial charge >= 0.3 is 0 Å². The molecule has 20 heavy (non-hydrogen) atoms. The minimum atomic E-state index is -3.58. The maximum atomic E-state index is 12.3. The van der Waals surface area contributed by atoms with Gasteiger partial charge in [-0.1, -0.05) is 18.5 Å². The summed E-state index contributed by atoms with van der Waals surface area (Å²) in [5.74, 6) is 0.483. The van der Waals surface area contributed by atoms with Crippen LogP contribution in [0.4, 0.5) is 0 Å². The summed E-state index contributed by atoms with van der Waals surface area (Å²) < 4.78 is 32.3. The molecule has 1 aromatic heterocycles. The number of hydrogen-bond acceptors (Lipinski definition) is 4. The van der Waals surface area contributed by atoms with E-state index in [2.05, 4.69) is 9.71 Å². The van der Waals surface area contributed by atoms with Gasteiger partial charge in [0.2, 0.25) is 10.0 Å². The van der Waals surface area contributed by atoms with Crippen LogP contribution in [0.2, 0.25) is 5.15 Å². The van der Waals surface area contributed by atoms with Gasteiger partial charge in [-0.05, 0) is 30.7 Å². The Morgan fingerprint density at radius 2 is 2.05 bits per heavy atom. The molecule has 0 bridgehead atoms. The van der Waals surface area contributed by atoms with Gasteiger partial charge < -0.3 is 4.74 Å². The molecule has 0 aliphatic heterocycles. The van der Waals surface area contributed by atoms with Gasteiger partial charge in [-0.2, -0.15) is 0 Å². The zero-order chi connectivity index (χ0) is 14.8. The lowest BCUT2D eigenvalue weighted by Gasteiger charge is -2.11. The predicted octanol–water partition coefficient (Wildman–Crippen LogP) is 2.59. The van der Waals surface area contributed by atoms with Crippen LogP contribution >= 0.6 is 11.6 Å². The van der Waals surface area contributed by atoms with Crippen LogP contribution in [0, 0.1) is 0 Å². The van der Waals surface area contributed by atoms with Crippen molar-refractivity contribution in [3.63, 3.8) is 0 Å². The highest BCUT2D eigenvalue weighted by Gasteiger charge is 2.19. The lowest BCUT2D eigenvalue weighted by Crippen LogP contribution is -2.24. The Balaban J connectivity index is 2.67. The van der Waals surface area contributed by atoms with Gasteiger partial charge in [0.15, 0.2) is 0 Å². The lowest BCUT2D eigenvalue weighted by molar-refractivity contribution is 0.418. The van der Waals surface area contributed by atoms with E-state index in [1.165, 1.54) is 13.2 Å². The first-order valence-corrected chi connectivity index (χ1v) is 7.98. The van der Waals surface area contributed by atoms with Gasteiger partial charge in [-0.15, -0.1) is 0 Å². The molecule has 0 amide bonds. The summed E-state index contributed by atoms with van der Waals surface area (Å²) in [6.45, 7) is 2.28. The second kappa shape index (κ2) is 5.95. The van der Waals surface area contributed by atoms with E-state index >= 15 is 0 Å². The fourth-order valence-corrected chi connectivity index (χ4v) is 3.33. The molecule has 0 radical (unpaired) electrons. The van der Waals surface area contributed by atoms with Gasteiger partial charge in [0, 0.05) is 11.9 Å². The predicted molar refractivity (Wildman–Crippen MR) is 78.8 cm³/mol. The first-order chi connectivity index (χ1) is 9.49. The van der Waals surface area contributed by atoms with Crippen LogP contribution in [-0.2, 0) is 10.0 Å². The van der Waals surface area contributed by atoms with Crippen LogP contribution < -0.4 is 9.46 Å². The zero-order valence-electron chi connectivity index (χ0n) is 11.2. The highest BCUT2D eigenvalue weighted by Crippen LogP contribution is 2.30. The highest BCUT2D eigenvalue weighted by molar-refractivity contribution is 7.89. The maximum Gasteiger partial charge on any atom is 0.241 e. The standard InChI is InChI=1S/C13H15ClN2O3S/c1-3-8-15-20(17,18)11-6-5-10(19-2)13-9(11)4-7-12(14)16-13/h4-7,15H,3,8H2,1-2H3. The molecular formula is C13H15ClN2O3S. The number of fused-ring (bicyclic) bond motifs is 1. The Kier molecular flexibility index (Phi) is 4.47. The molecule has 0 unspecified atom stereocenters.